The molecule has 0 heterocycles. The third-order valence-electron chi connectivity index (χ3n) is 2.94. The van der Waals surface area contributed by atoms with Crippen LogP contribution in [0.4, 0.5) is 11.4 Å². The fourth-order valence-corrected chi connectivity index (χ4v) is 4.82. The predicted molar refractivity (Wildman–Crippen MR) is 93.0 cm³/mol. The third-order valence-corrected chi connectivity index (χ3v) is 5.54. The zero-order valence-electron chi connectivity index (χ0n) is 11.4. The van der Waals surface area contributed by atoms with Gasteiger partial charge in [-0.05, 0) is 53.5 Å². The summed E-state index contributed by atoms with van der Waals surface area (Å²) in [4.78, 5) is 0.238. The molecule has 0 saturated carbocycles. The molecule has 0 aliphatic carbocycles. The van der Waals surface area contributed by atoms with Gasteiger partial charge in [0.15, 0.2) is 0 Å². The standard InChI is InChI=1S/C14H14Br2N2O2S/c1-8-3-4-13(9(2)5-8)21(19,20)18-14-11(16)6-10(15)7-12(14)17/h3-7,18H,17H2,1-2H3. The van der Waals surface area contributed by atoms with Crippen LogP contribution >= 0.6 is 31.9 Å². The van der Waals surface area contributed by atoms with Gasteiger partial charge in [-0.25, -0.2) is 8.42 Å². The molecule has 0 radical (unpaired) electrons. The Morgan fingerprint density at radius 2 is 1.76 bits per heavy atom. The van der Waals surface area contributed by atoms with Crippen LogP contribution in [0.5, 0.6) is 0 Å². The van der Waals surface area contributed by atoms with Crippen molar-refractivity contribution in [3.8, 4) is 0 Å². The quantitative estimate of drug-likeness (QED) is 0.712. The van der Waals surface area contributed by atoms with E-state index in [1.807, 2.05) is 13.0 Å². The summed E-state index contributed by atoms with van der Waals surface area (Å²) in [5.74, 6) is 0. The van der Waals surface area contributed by atoms with Crippen molar-refractivity contribution in [1.29, 1.82) is 0 Å². The van der Waals surface area contributed by atoms with E-state index in [4.69, 9.17) is 5.73 Å². The lowest BCUT2D eigenvalue weighted by molar-refractivity contribution is 0.600. The maximum atomic E-state index is 12.5. The van der Waals surface area contributed by atoms with Crippen LogP contribution in [0.25, 0.3) is 0 Å². The molecular weight excluding hydrogens is 420 g/mol. The smallest absolute Gasteiger partial charge is 0.262 e. The molecule has 2 aromatic carbocycles. The second kappa shape index (κ2) is 5.98. The summed E-state index contributed by atoms with van der Waals surface area (Å²) in [7, 11) is -3.69. The molecule has 112 valence electrons. The first-order valence-electron chi connectivity index (χ1n) is 6.05. The van der Waals surface area contributed by atoms with E-state index in [9.17, 15) is 8.42 Å². The first kappa shape index (κ1) is 16.3. The Kier molecular flexibility index (Phi) is 4.65. The summed E-state index contributed by atoms with van der Waals surface area (Å²) in [5.41, 5.74) is 8.25. The van der Waals surface area contributed by atoms with Crippen LogP contribution in [0.15, 0.2) is 44.2 Å². The highest BCUT2D eigenvalue weighted by atomic mass is 79.9. The normalized spacial score (nSPS) is 11.4. The number of aryl methyl sites for hydroxylation is 2. The first-order chi connectivity index (χ1) is 9.70. The molecule has 0 spiro atoms. The van der Waals surface area contributed by atoms with Crippen LogP contribution in [0.3, 0.4) is 0 Å². The van der Waals surface area contributed by atoms with Gasteiger partial charge in [0.25, 0.3) is 10.0 Å². The summed E-state index contributed by atoms with van der Waals surface area (Å²) < 4.78 is 28.9. The van der Waals surface area contributed by atoms with Crippen LogP contribution in [0.2, 0.25) is 0 Å². The minimum Gasteiger partial charge on any atom is -0.397 e. The average Bonchev–Trinajstić information content (AvgIpc) is 2.33. The Hall–Kier alpha value is -1.05. The highest BCUT2D eigenvalue weighted by Gasteiger charge is 2.19. The largest absolute Gasteiger partial charge is 0.397 e. The van der Waals surface area contributed by atoms with Gasteiger partial charge in [0, 0.05) is 8.95 Å². The summed E-state index contributed by atoms with van der Waals surface area (Å²) in [6.07, 6.45) is 0. The second-order valence-electron chi connectivity index (χ2n) is 4.73. The van der Waals surface area contributed by atoms with Crippen LogP contribution in [-0.2, 0) is 10.0 Å². The molecular formula is C14H14Br2N2O2S. The molecule has 0 amide bonds. The molecule has 21 heavy (non-hydrogen) atoms. The number of nitrogens with two attached hydrogens (primary N) is 1. The maximum Gasteiger partial charge on any atom is 0.262 e. The predicted octanol–water partition coefficient (Wildman–Crippen LogP) is 4.21. The van der Waals surface area contributed by atoms with E-state index in [0.29, 0.717) is 21.4 Å². The molecule has 0 aromatic heterocycles. The van der Waals surface area contributed by atoms with Crippen molar-refractivity contribution in [3.63, 3.8) is 0 Å². The SMILES string of the molecule is Cc1ccc(S(=O)(=O)Nc2c(N)cc(Br)cc2Br)c(C)c1. The van der Waals surface area contributed by atoms with Gasteiger partial charge in [0.1, 0.15) is 0 Å². The Morgan fingerprint density at radius 1 is 1.10 bits per heavy atom. The lowest BCUT2D eigenvalue weighted by Gasteiger charge is -2.14. The van der Waals surface area contributed by atoms with Gasteiger partial charge in [0.05, 0.1) is 16.3 Å². The number of anilines is 2. The molecule has 7 heteroatoms. The van der Waals surface area contributed by atoms with Gasteiger partial charge in [0.2, 0.25) is 0 Å². The van der Waals surface area contributed by atoms with Gasteiger partial charge in [-0.15, -0.1) is 0 Å². The molecule has 0 atom stereocenters. The van der Waals surface area contributed by atoms with E-state index in [1.165, 1.54) is 0 Å². The van der Waals surface area contributed by atoms with Gasteiger partial charge in [-0.1, -0.05) is 33.6 Å². The molecule has 4 nitrogen and oxygen atoms in total. The monoisotopic (exact) mass is 432 g/mol. The minimum atomic E-state index is -3.69. The van der Waals surface area contributed by atoms with Crippen LogP contribution < -0.4 is 10.5 Å². The molecule has 2 aromatic rings. The van der Waals surface area contributed by atoms with Gasteiger partial charge in [-0.2, -0.15) is 0 Å². The minimum absolute atomic E-state index is 0.238. The molecule has 2 rings (SSSR count). The van der Waals surface area contributed by atoms with E-state index in [1.54, 1.807) is 31.2 Å². The summed E-state index contributed by atoms with van der Waals surface area (Å²) in [6.45, 7) is 3.68. The molecule has 0 unspecified atom stereocenters. The highest BCUT2D eigenvalue weighted by Crippen LogP contribution is 2.34. The average molecular weight is 434 g/mol. The van der Waals surface area contributed by atoms with Crippen molar-refractivity contribution in [3.05, 3.63) is 50.4 Å². The van der Waals surface area contributed by atoms with E-state index >= 15 is 0 Å². The lowest BCUT2D eigenvalue weighted by Crippen LogP contribution is -2.16. The fourth-order valence-electron chi connectivity index (χ4n) is 1.99. The summed E-state index contributed by atoms with van der Waals surface area (Å²) in [5, 5.41) is 0. The van der Waals surface area contributed by atoms with Gasteiger partial charge < -0.3 is 5.73 Å². The second-order valence-corrected chi connectivity index (χ2v) is 8.15. The van der Waals surface area contributed by atoms with E-state index in [2.05, 4.69) is 36.6 Å². The third kappa shape index (κ3) is 3.59. The number of rotatable bonds is 3. The van der Waals surface area contributed by atoms with Gasteiger partial charge >= 0.3 is 0 Å². The van der Waals surface area contributed by atoms with Crippen molar-refractivity contribution >= 4 is 53.3 Å². The number of hydrogen-bond acceptors (Lipinski definition) is 3. The number of nitrogens with one attached hydrogen (secondary N) is 1. The van der Waals surface area contributed by atoms with Crippen LogP contribution in [0, 0.1) is 13.8 Å². The molecule has 0 fully saturated rings. The van der Waals surface area contributed by atoms with Gasteiger partial charge in [-0.3, -0.25) is 4.72 Å². The fraction of sp³-hybridized carbons (Fsp3) is 0.143. The topological polar surface area (TPSA) is 72.2 Å². The molecule has 0 bridgehead atoms. The summed E-state index contributed by atoms with van der Waals surface area (Å²) in [6, 6.07) is 8.56. The highest BCUT2D eigenvalue weighted by molar-refractivity contribution is 9.11. The molecule has 0 aliphatic heterocycles. The van der Waals surface area contributed by atoms with Crippen molar-refractivity contribution < 1.29 is 8.42 Å². The van der Waals surface area contributed by atoms with Crippen molar-refractivity contribution in [2.75, 3.05) is 10.5 Å². The zero-order chi connectivity index (χ0) is 15.8. The Labute approximate surface area is 141 Å². The number of sulfonamides is 1. The number of nitrogen functional groups attached to an aromatic ring is 1. The van der Waals surface area contributed by atoms with E-state index in [0.717, 1.165) is 10.0 Å². The van der Waals surface area contributed by atoms with E-state index in [-0.39, 0.29) is 4.90 Å². The van der Waals surface area contributed by atoms with Crippen molar-refractivity contribution in [2.24, 2.45) is 0 Å². The Bertz CT molecular complexity index is 782. The Balaban J connectivity index is 2.47. The zero-order valence-corrected chi connectivity index (χ0v) is 15.4. The molecule has 3 N–H and O–H groups in total. The number of benzene rings is 2. The van der Waals surface area contributed by atoms with Crippen LogP contribution in [-0.4, -0.2) is 8.42 Å². The number of halogens is 2. The van der Waals surface area contributed by atoms with Crippen molar-refractivity contribution in [2.45, 2.75) is 18.7 Å². The number of hydrogen-bond donors (Lipinski definition) is 2. The molecule has 0 aliphatic rings. The van der Waals surface area contributed by atoms with E-state index < -0.39 is 10.0 Å². The first-order valence-corrected chi connectivity index (χ1v) is 9.12. The summed E-state index contributed by atoms with van der Waals surface area (Å²) >= 11 is 6.62. The van der Waals surface area contributed by atoms with Crippen molar-refractivity contribution in [1.82, 2.24) is 0 Å². The molecule has 0 saturated heterocycles. The maximum absolute atomic E-state index is 12.5. The lowest BCUT2D eigenvalue weighted by atomic mass is 10.2. The Morgan fingerprint density at radius 3 is 2.33 bits per heavy atom. The van der Waals surface area contributed by atoms with Crippen LogP contribution in [0.1, 0.15) is 11.1 Å².